The summed E-state index contributed by atoms with van der Waals surface area (Å²) in [7, 11) is -1.93. The van der Waals surface area contributed by atoms with Gasteiger partial charge in [0.25, 0.3) is 0 Å². The summed E-state index contributed by atoms with van der Waals surface area (Å²) in [6.07, 6.45) is 0.455. The molecule has 24 heavy (non-hydrogen) atoms. The van der Waals surface area contributed by atoms with Crippen molar-refractivity contribution >= 4 is 20.7 Å². The Balaban J connectivity index is 2.50. The van der Waals surface area contributed by atoms with E-state index in [1.165, 1.54) is 0 Å². The van der Waals surface area contributed by atoms with E-state index in [2.05, 4.69) is 39.2 Å². The van der Waals surface area contributed by atoms with Crippen molar-refractivity contribution < 1.29 is 18.8 Å². The Morgan fingerprint density at radius 1 is 1.25 bits per heavy atom. The maximum absolute atomic E-state index is 11.9. The van der Waals surface area contributed by atoms with Crippen LogP contribution in [0.1, 0.15) is 32.8 Å². The molecular formula is C18H29NO4Si. The number of alkyl carbamates (subject to hydrolysis) is 1. The van der Waals surface area contributed by atoms with Crippen molar-refractivity contribution in [1.29, 1.82) is 0 Å². The summed E-state index contributed by atoms with van der Waals surface area (Å²) in [6, 6.07) is 9.08. The normalized spacial score (nSPS) is 13.2. The van der Waals surface area contributed by atoms with Gasteiger partial charge in [-0.2, -0.15) is 0 Å². The van der Waals surface area contributed by atoms with Gasteiger partial charge in [0.2, 0.25) is 0 Å². The minimum Gasteiger partial charge on any atom is -0.445 e. The number of carbonyl (C=O) groups excluding carboxylic acids is 2. The molecule has 0 aliphatic heterocycles. The minimum atomic E-state index is -1.93. The molecule has 0 aliphatic rings. The second-order valence-electron chi connectivity index (χ2n) is 7.38. The van der Waals surface area contributed by atoms with Crippen LogP contribution in [0.15, 0.2) is 30.3 Å². The van der Waals surface area contributed by atoms with Gasteiger partial charge in [0.05, 0.1) is 12.6 Å². The van der Waals surface area contributed by atoms with Gasteiger partial charge in [0.1, 0.15) is 12.9 Å². The highest BCUT2D eigenvalue weighted by Gasteiger charge is 2.37. The number of ether oxygens (including phenoxy) is 1. The molecule has 134 valence electrons. The highest BCUT2D eigenvalue weighted by molar-refractivity contribution is 6.74. The van der Waals surface area contributed by atoms with E-state index in [9.17, 15) is 9.59 Å². The number of carbonyl (C=O) groups is 2. The highest BCUT2D eigenvalue weighted by Crippen LogP contribution is 2.36. The zero-order valence-corrected chi connectivity index (χ0v) is 16.3. The summed E-state index contributed by atoms with van der Waals surface area (Å²) in [6.45, 7) is 11.2. The molecule has 1 N–H and O–H groups in total. The Hall–Kier alpha value is -1.66. The molecule has 1 atom stereocenters. The van der Waals surface area contributed by atoms with E-state index in [1.807, 2.05) is 30.3 Å². The lowest BCUT2D eigenvalue weighted by atomic mass is 10.2. The molecule has 0 saturated carbocycles. The zero-order chi connectivity index (χ0) is 18.2. The van der Waals surface area contributed by atoms with Crippen molar-refractivity contribution in [2.75, 3.05) is 6.61 Å². The first kappa shape index (κ1) is 20.4. The number of hydrogen-bond donors (Lipinski definition) is 1. The van der Waals surface area contributed by atoms with Crippen LogP contribution in [0, 0.1) is 0 Å². The van der Waals surface area contributed by atoms with E-state index in [-0.39, 0.29) is 24.1 Å². The van der Waals surface area contributed by atoms with Crippen LogP contribution in [-0.4, -0.2) is 33.3 Å². The van der Waals surface area contributed by atoms with Gasteiger partial charge in [0.15, 0.2) is 8.32 Å². The molecule has 1 aromatic carbocycles. The van der Waals surface area contributed by atoms with Crippen molar-refractivity contribution in [3.63, 3.8) is 0 Å². The first-order valence-electron chi connectivity index (χ1n) is 8.20. The first-order chi connectivity index (χ1) is 11.2. The molecule has 0 unspecified atom stereocenters. The van der Waals surface area contributed by atoms with Crippen LogP contribution < -0.4 is 5.32 Å². The van der Waals surface area contributed by atoms with Gasteiger partial charge in [-0.3, -0.25) is 0 Å². The Morgan fingerprint density at radius 3 is 2.42 bits per heavy atom. The number of benzene rings is 1. The average Bonchev–Trinajstić information content (AvgIpc) is 2.51. The fraction of sp³-hybridized carbons (Fsp3) is 0.556. The van der Waals surface area contributed by atoms with Gasteiger partial charge >= 0.3 is 6.09 Å². The Morgan fingerprint density at radius 2 is 1.88 bits per heavy atom. The van der Waals surface area contributed by atoms with E-state index in [4.69, 9.17) is 9.16 Å². The third kappa shape index (κ3) is 6.84. The highest BCUT2D eigenvalue weighted by atomic mass is 28.4. The smallest absolute Gasteiger partial charge is 0.407 e. The first-order valence-corrected chi connectivity index (χ1v) is 11.1. The van der Waals surface area contributed by atoms with Gasteiger partial charge in [0, 0.05) is 6.42 Å². The Labute approximate surface area is 145 Å². The van der Waals surface area contributed by atoms with Crippen LogP contribution >= 0.6 is 0 Å². The quantitative estimate of drug-likeness (QED) is 0.570. The van der Waals surface area contributed by atoms with Crippen molar-refractivity contribution in [2.24, 2.45) is 0 Å². The second kappa shape index (κ2) is 8.99. The summed E-state index contributed by atoms with van der Waals surface area (Å²) in [4.78, 5) is 22.8. The van der Waals surface area contributed by atoms with Gasteiger partial charge in [-0.15, -0.1) is 0 Å². The summed E-state index contributed by atoms with van der Waals surface area (Å²) in [5.74, 6) is 0. The number of aldehydes is 1. The fourth-order valence-electron chi connectivity index (χ4n) is 1.74. The van der Waals surface area contributed by atoms with Crippen LogP contribution in [0.5, 0.6) is 0 Å². The lowest BCUT2D eigenvalue weighted by Crippen LogP contribution is -2.46. The van der Waals surface area contributed by atoms with Crippen LogP contribution in [0.25, 0.3) is 0 Å². The second-order valence-corrected chi connectivity index (χ2v) is 12.2. The maximum Gasteiger partial charge on any atom is 0.407 e. The van der Waals surface area contributed by atoms with Crippen LogP contribution in [0.4, 0.5) is 4.79 Å². The largest absolute Gasteiger partial charge is 0.445 e. The molecule has 6 heteroatoms. The lowest BCUT2D eigenvalue weighted by Gasteiger charge is -2.37. The van der Waals surface area contributed by atoms with Crippen LogP contribution in [0.3, 0.4) is 0 Å². The van der Waals surface area contributed by atoms with Crippen LogP contribution in [0.2, 0.25) is 18.1 Å². The fourth-order valence-corrected chi connectivity index (χ4v) is 2.79. The van der Waals surface area contributed by atoms with Gasteiger partial charge in [-0.1, -0.05) is 51.1 Å². The maximum atomic E-state index is 11.9. The van der Waals surface area contributed by atoms with Crippen molar-refractivity contribution in [1.82, 2.24) is 5.32 Å². The third-order valence-corrected chi connectivity index (χ3v) is 8.87. The van der Waals surface area contributed by atoms with E-state index < -0.39 is 14.4 Å². The third-order valence-electron chi connectivity index (χ3n) is 4.37. The van der Waals surface area contributed by atoms with Crippen molar-refractivity contribution in [3.05, 3.63) is 35.9 Å². The number of amides is 1. The van der Waals surface area contributed by atoms with Crippen molar-refractivity contribution in [3.8, 4) is 0 Å². The molecule has 0 heterocycles. The van der Waals surface area contributed by atoms with Gasteiger partial charge in [-0.05, 0) is 23.7 Å². The van der Waals surface area contributed by atoms with E-state index in [0.717, 1.165) is 11.8 Å². The molecule has 1 aromatic rings. The molecule has 0 aromatic heterocycles. The summed E-state index contributed by atoms with van der Waals surface area (Å²) < 4.78 is 11.3. The predicted octanol–water partition coefficient (Wildman–Crippen LogP) is 3.89. The number of hydrogen-bond acceptors (Lipinski definition) is 4. The molecule has 1 rings (SSSR count). The Kier molecular flexibility index (Phi) is 7.63. The molecule has 1 amide bonds. The minimum absolute atomic E-state index is 0.0759. The molecular weight excluding hydrogens is 322 g/mol. The number of rotatable bonds is 8. The average molecular weight is 352 g/mol. The molecule has 0 fully saturated rings. The van der Waals surface area contributed by atoms with E-state index in [0.29, 0.717) is 6.61 Å². The monoisotopic (exact) mass is 351 g/mol. The zero-order valence-electron chi connectivity index (χ0n) is 15.3. The molecule has 0 bridgehead atoms. The predicted molar refractivity (Wildman–Crippen MR) is 97.4 cm³/mol. The SMILES string of the molecule is CC(C)(C)[Si](C)(C)OC[C@@H](CC=O)NC(=O)OCc1ccccc1. The Bertz CT molecular complexity index is 526. The van der Waals surface area contributed by atoms with E-state index in [1.54, 1.807) is 0 Å². The summed E-state index contributed by atoms with van der Waals surface area (Å²) >= 11 is 0. The molecule has 0 radical (unpaired) electrons. The van der Waals surface area contributed by atoms with Crippen molar-refractivity contribution in [2.45, 2.75) is 58.0 Å². The lowest BCUT2D eigenvalue weighted by molar-refractivity contribution is -0.108. The molecule has 0 aliphatic carbocycles. The van der Waals surface area contributed by atoms with Crippen LogP contribution in [-0.2, 0) is 20.6 Å². The topological polar surface area (TPSA) is 64.6 Å². The summed E-state index contributed by atoms with van der Waals surface area (Å²) in [5.41, 5.74) is 0.914. The van der Waals surface area contributed by atoms with E-state index >= 15 is 0 Å². The molecule has 5 nitrogen and oxygen atoms in total. The summed E-state index contributed by atoms with van der Waals surface area (Å²) in [5, 5.41) is 2.79. The van der Waals surface area contributed by atoms with Gasteiger partial charge in [-0.25, -0.2) is 4.79 Å². The molecule has 0 spiro atoms. The number of nitrogens with one attached hydrogen (secondary N) is 1. The van der Waals surface area contributed by atoms with Gasteiger partial charge < -0.3 is 19.3 Å². The molecule has 0 saturated heterocycles. The standard InChI is InChI=1S/C18H29NO4Si/c1-18(2,3)24(4,5)23-14-16(11-12-20)19-17(21)22-13-15-9-7-6-8-10-15/h6-10,12,16H,11,13-14H2,1-5H3,(H,19,21)/t16-/m1/s1.